The second-order valence-corrected chi connectivity index (χ2v) is 14.8. The molecule has 0 fully saturated rings. The fourth-order valence-electron chi connectivity index (χ4n) is 8.36. The van der Waals surface area contributed by atoms with Crippen LogP contribution in [0.15, 0.2) is 164 Å². The molecule has 0 N–H and O–H groups in total. The number of hydrogen-bond acceptors (Lipinski definition) is 2. The molecule has 0 saturated carbocycles. The van der Waals surface area contributed by atoms with Crippen LogP contribution in [-0.4, -0.2) is 0 Å². The topological polar surface area (TPSA) is 3.24 Å². The lowest BCUT2D eigenvalue weighted by molar-refractivity contribution is 0.660. The van der Waals surface area contributed by atoms with Gasteiger partial charge in [-0.25, -0.2) is 0 Å². The standard InChI is InChI=1S/C47H33NS/c1-47(2)39-20-8-5-17-36(39)46-40(47)21-12-23-42(46)48(41-22-9-6-16-35(41)34-19-11-14-30-13-3-4-15-33(30)34)32-27-25-31-26-28-44-45(38(31)29-32)37-18-7-10-24-43(37)49-44/h3-29H,1-2H3. The maximum absolute atomic E-state index is 2.53. The molecule has 9 aromatic rings. The second kappa shape index (κ2) is 10.7. The maximum atomic E-state index is 2.53. The minimum atomic E-state index is -0.103. The van der Waals surface area contributed by atoms with Crippen LogP contribution < -0.4 is 4.90 Å². The second-order valence-electron chi connectivity index (χ2n) is 13.7. The smallest absolute Gasteiger partial charge is 0.0543 e. The summed E-state index contributed by atoms with van der Waals surface area (Å²) in [6, 6.07) is 60.7. The van der Waals surface area contributed by atoms with Gasteiger partial charge in [0.15, 0.2) is 0 Å². The zero-order valence-corrected chi connectivity index (χ0v) is 28.3. The van der Waals surface area contributed by atoms with Crippen LogP contribution in [0.3, 0.4) is 0 Å². The van der Waals surface area contributed by atoms with Crippen LogP contribution in [0.1, 0.15) is 25.0 Å². The van der Waals surface area contributed by atoms with Gasteiger partial charge in [0, 0.05) is 42.4 Å². The highest BCUT2D eigenvalue weighted by molar-refractivity contribution is 7.26. The minimum absolute atomic E-state index is 0.103. The van der Waals surface area contributed by atoms with Crippen LogP contribution in [-0.2, 0) is 5.41 Å². The van der Waals surface area contributed by atoms with Crippen LogP contribution in [0.25, 0.3) is 64.0 Å². The molecule has 1 heterocycles. The average Bonchev–Trinajstić information content (AvgIpc) is 3.65. The van der Waals surface area contributed by atoms with E-state index in [4.69, 9.17) is 0 Å². The average molecular weight is 644 g/mol. The van der Waals surface area contributed by atoms with Gasteiger partial charge in [0.2, 0.25) is 0 Å². The Morgan fingerprint density at radius 3 is 2.00 bits per heavy atom. The quantitative estimate of drug-likeness (QED) is 0.184. The first kappa shape index (κ1) is 28.3. The summed E-state index contributed by atoms with van der Waals surface area (Å²) in [4.78, 5) is 2.53. The predicted octanol–water partition coefficient (Wildman–Crippen LogP) is 13.8. The van der Waals surface area contributed by atoms with Crippen molar-refractivity contribution >= 4 is 70.1 Å². The summed E-state index contributed by atoms with van der Waals surface area (Å²) in [7, 11) is 0. The molecule has 232 valence electrons. The summed E-state index contributed by atoms with van der Waals surface area (Å²) >= 11 is 1.88. The number of hydrogen-bond donors (Lipinski definition) is 0. The fraction of sp³-hybridized carbons (Fsp3) is 0.0638. The number of para-hydroxylation sites is 1. The van der Waals surface area contributed by atoms with Crippen molar-refractivity contribution in [1.82, 2.24) is 0 Å². The summed E-state index contributed by atoms with van der Waals surface area (Å²) in [5.74, 6) is 0. The van der Waals surface area contributed by atoms with Crippen molar-refractivity contribution in [2.24, 2.45) is 0 Å². The van der Waals surface area contributed by atoms with Gasteiger partial charge in [-0.15, -0.1) is 11.3 Å². The molecular formula is C47H33NS. The monoisotopic (exact) mass is 643 g/mol. The van der Waals surface area contributed by atoms with Crippen molar-refractivity contribution in [3.05, 3.63) is 175 Å². The van der Waals surface area contributed by atoms with Crippen LogP contribution in [0, 0.1) is 0 Å². The molecule has 0 bridgehead atoms. The van der Waals surface area contributed by atoms with Gasteiger partial charge in [0.25, 0.3) is 0 Å². The van der Waals surface area contributed by atoms with Gasteiger partial charge in [-0.05, 0) is 80.2 Å². The Balaban J connectivity index is 1.31. The van der Waals surface area contributed by atoms with Crippen LogP contribution in [0.5, 0.6) is 0 Å². The van der Waals surface area contributed by atoms with Crippen molar-refractivity contribution in [3.63, 3.8) is 0 Å². The first-order chi connectivity index (χ1) is 24.1. The highest BCUT2D eigenvalue weighted by Crippen LogP contribution is 2.55. The highest BCUT2D eigenvalue weighted by atomic mass is 32.1. The van der Waals surface area contributed by atoms with Crippen LogP contribution >= 0.6 is 11.3 Å². The molecule has 49 heavy (non-hydrogen) atoms. The van der Waals surface area contributed by atoms with Gasteiger partial charge in [-0.1, -0.05) is 141 Å². The zero-order valence-electron chi connectivity index (χ0n) is 27.4. The molecule has 0 aliphatic heterocycles. The van der Waals surface area contributed by atoms with Gasteiger partial charge in [0.1, 0.15) is 0 Å². The molecule has 2 heteroatoms. The first-order valence-electron chi connectivity index (χ1n) is 17.0. The molecule has 10 rings (SSSR count). The van der Waals surface area contributed by atoms with E-state index in [0.29, 0.717) is 0 Å². The summed E-state index contributed by atoms with van der Waals surface area (Å²) in [6.07, 6.45) is 0. The predicted molar refractivity (Wildman–Crippen MR) is 212 cm³/mol. The fourth-order valence-corrected chi connectivity index (χ4v) is 9.48. The molecule has 0 atom stereocenters. The van der Waals surface area contributed by atoms with E-state index in [9.17, 15) is 0 Å². The van der Waals surface area contributed by atoms with Crippen molar-refractivity contribution < 1.29 is 0 Å². The van der Waals surface area contributed by atoms with Crippen molar-refractivity contribution in [2.45, 2.75) is 19.3 Å². The molecule has 8 aromatic carbocycles. The van der Waals surface area contributed by atoms with Crippen molar-refractivity contribution in [3.8, 4) is 22.3 Å². The van der Waals surface area contributed by atoms with Gasteiger partial charge in [0.05, 0.1) is 11.4 Å². The molecule has 0 spiro atoms. The number of fused-ring (bicyclic) bond motifs is 9. The summed E-state index contributed by atoms with van der Waals surface area (Å²) in [6.45, 7) is 4.73. The molecule has 0 radical (unpaired) electrons. The molecule has 1 aliphatic carbocycles. The van der Waals surface area contributed by atoms with E-state index < -0.39 is 0 Å². The largest absolute Gasteiger partial charge is 0.309 e. The summed E-state index contributed by atoms with van der Waals surface area (Å²) < 4.78 is 2.65. The van der Waals surface area contributed by atoms with E-state index >= 15 is 0 Å². The van der Waals surface area contributed by atoms with E-state index in [0.717, 1.165) is 11.4 Å². The van der Waals surface area contributed by atoms with E-state index in [2.05, 4.69) is 183 Å². The highest BCUT2D eigenvalue weighted by Gasteiger charge is 2.38. The SMILES string of the molecule is CC1(C)c2ccccc2-c2c(N(c3ccc4ccc5sc6ccccc6c5c4c3)c3ccccc3-c3cccc4ccccc34)cccc21. The van der Waals surface area contributed by atoms with Gasteiger partial charge in [-0.3, -0.25) is 0 Å². The first-order valence-corrected chi connectivity index (χ1v) is 17.8. The molecule has 0 unspecified atom stereocenters. The Morgan fingerprint density at radius 1 is 0.449 bits per heavy atom. The van der Waals surface area contributed by atoms with E-state index in [1.165, 1.54) is 80.8 Å². The lowest BCUT2D eigenvalue weighted by atomic mass is 9.82. The third-order valence-corrected chi connectivity index (χ3v) is 11.8. The molecule has 1 aromatic heterocycles. The Hall–Kier alpha value is -5.70. The minimum Gasteiger partial charge on any atom is -0.309 e. The molecule has 0 saturated heterocycles. The lowest BCUT2D eigenvalue weighted by Gasteiger charge is -2.31. The number of benzene rings is 8. The number of anilines is 3. The van der Waals surface area contributed by atoms with Crippen molar-refractivity contribution in [1.29, 1.82) is 0 Å². The van der Waals surface area contributed by atoms with Crippen molar-refractivity contribution in [2.75, 3.05) is 4.90 Å². The molecule has 1 nitrogen and oxygen atoms in total. The summed E-state index contributed by atoms with van der Waals surface area (Å²) in [5.41, 5.74) is 11.2. The lowest BCUT2D eigenvalue weighted by Crippen LogP contribution is -2.16. The van der Waals surface area contributed by atoms with Crippen LogP contribution in [0.4, 0.5) is 17.1 Å². The summed E-state index contributed by atoms with van der Waals surface area (Å²) in [5, 5.41) is 7.71. The van der Waals surface area contributed by atoms with E-state index in [-0.39, 0.29) is 5.41 Å². The van der Waals surface area contributed by atoms with Gasteiger partial charge >= 0.3 is 0 Å². The van der Waals surface area contributed by atoms with Gasteiger partial charge < -0.3 is 4.90 Å². The molecule has 0 amide bonds. The Morgan fingerprint density at radius 2 is 1.08 bits per heavy atom. The Labute approximate surface area is 290 Å². The van der Waals surface area contributed by atoms with Gasteiger partial charge in [-0.2, -0.15) is 0 Å². The normalized spacial score (nSPS) is 13.3. The molecule has 1 aliphatic rings. The number of thiophene rings is 1. The van der Waals surface area contributed by atoms with E-state index in [1.54, 1.807) is 0 Å². The number of rotatable bonds is 4. The molecular weight excluding hydrogens is 611 g/mol. The van der Waals surface area contributed by atoms with Crippen LogP contribution in [0.2, 0.25) is 0 Å². The Kier molecular flexibility index (Phi) is 6.16. The number of nitrogens with zero attached hydrogens (tertiary/aromatic N) is 1. The van der Waals surface area contributed by atoms with E-state index in [1.807, 2.05) is 11.3 Å². The zero-order chi connectivity index (χ0) is 32.7. The third kappa shape index (κ3) is 4.17. The Bertz CT molecular complexity index is 2760. The maximum Gasteiger partial charge on any atom is 0.0543 e. The third-order valence-electron chi connectivity index (χ3n) is 10.7.